The Labute approximate surface area is 109 Å². The molecule has 0 spiro atoms. The van der Waals surface area contributed by atoms with E-state index in [0.29, 0.717) is 18.5 Å². The highest BCUT2D eigenvalue weighted by Gasteiger charge is 2.33. The Kier molecular flexibility index (Phi) is 5.44. The molecule has 2 nitrogen and oxygen atoms in total. The van der Waals surface area contributed by atoms with E-state index in [1.54, 1.807) is 6.07 Å². The zero-order valence-electron chi connectivity index (χ0n) is 9.89. The van der Waals surface area contributed by atoms with Gasteiger partial charge in [-0.1, -0.05) is 17.7 Å². The van der Waals surface area contributed by atoms with Gasteiger partial charge in [0.05, 0.1) is 17.2 Å². The van der Waals surface area contributed by atoms with Gasteiger partial charge in [-0.25, -0.2) is 0 Å². The van der Waals surface area contributed by atoms with E-state index in [2.05, 4.69) is 5.32 Å². The third kappa shape index (κ3) is 4.48. The molecule has 0 aliphatic carbocycles. The van der Waals surface area contributed by atoms with Crippen molar-refractivity contribution < 1.29 is 18.3 Å². The first kappa shape index (κ1) is 15.3. The van der Waals surface area contributed by atoms with Crippen LogP contribution < -0.4 is 5.32 Å². The van der Waals surface area contributed by atoms with Crippen molar-refractivity contribution in [2.45, 2.75) is 25.6 Å². The van der Waals surface area contributed by atoms with Crippen LogP contribution in [0.25, 0.3) is 0 Å². The van der Waals surface area contributed by atoms with Gasteiger partial charge in [-0.05, 0) is 31.0 Å². The van der Waals surface area contributed by atoms with Crippen LogP contribution in [0.15, 0.2) is 18.2 Å². The summed E-state index contributed by atoms with van der Waals surface area (Å²) in [5.41, 5.74) is -0.249. The van der Waals surface area contributed by atoms with Gasteiger partial charge in [0.2, 0.25) is 0 Å². The second kappa shape index (κ2) is 6.41. The Morgan fingerprint density at radius 1 is 1.39 bits per heavy atom. The minimum atomic E-state index is -4.44. The first-order valence-electron chi connectivity index (χ1n) is 5.54. The van der Waals surface area contributed by atoms with Crippen LogP contribution in [0, 0.1) is 0 Å². The van der Waals surface area contributed by atoms with Crippen LogP contribution in [-0.4, -0.2) is 24.3 Å². The molecule has 1 atom stereocenters. The normalized spacial score (nSPS) is 13.7. The van der Waals surface area contributed by atoms with Crippen molar-refractivity contribution in [3.8, 4) is 0 Å². The first-order valence-corrected chi connectivity index (χ1v) is 5.92. The molecule has 1 aromatic carbocycles. The quantitative estimate of drug-likeness (QED) is 0.870. The van der Waals surface area contributed by atoms with Crippen LogP contribution >= 0.6 is 11.6 Å². The third-order valence-electron chi connectivity index (χ3n) is 2.48. The summed E-state index contributed by atoms with van der Waals surface area (Å²) < 4.78 is 37.9. The highest BCUT2D eigenvalue weighted by Crippen LogP contribution is 2.35. The molecule has 0 radical (unpaired) electrons. The van der Waals surface area contributed by atoms with Crippen molar-refractivity contribution in [3.63, 3.8) is 0 Å². The van der Waals surface area contributed by atoms with Gasteiger partial charge in [0.15, 0.2) is 0 Å². The molecule has 2 N–H and O–H groups in total. The fraction of sp³-hybridized carbons (Fsp3) is 0.500. The average Bonchev–Trinajstić information content (AvgIpc) is 2.27. The molecule has 0 aliphatic heterocycles. The Morgan fingerprint density at radius 2 is 2.06 bits per heavy atom. The van der Waals surface area contributed by atoms with Crippen LogP contribution in [0.5, 0.6) is 0 Å². The number of nitrogens with one attached hydrogen (secondary N) is 1. The molecule has 0 unspecified atom stereocenters. The maximum atomic E-state index is 12.6. The van der Waals surface area contributed by atoms with Gasteiger partial charge in [0.25, 0.3) is 0 Å². The summed E-state index contributed by atoms with van der Waals surface area (Å²) in [6, 6.07) is 3.89. The average molecular weight is 282 g/mol. The lowest BCUT2D eigenvalue weighted by Gasteiger charge is -2.15. The molecule has 0 saturated carbocycles. The van der Waals surface area contributed by atoms with E-state index in [4.69, 9.17) is 16.7 Å². The molecule has 0 aliphatic rings. The van der Waals surface area contributed by atoms with Crippen molar-refractivity contribution >= 4 is 11.6 Å². The van der Waals surface area contributed by atoms with Crippen LogP contribution in [0.3, 0.4) is 0 Å². The lowest BCUT2D eigenvalue weighted by Crippen LogP contribution is -2.30. The van der Waals surface area contributed by atoms with Crippen molar-refractivity contribution in [1.82, 2.24) is 5.32 Å². The van der Waals surface area contributed by atoms with Crippen LogP contribution in [-0.2, 0) is 12.6 Å². The zero-order valence-corrected chi connectivity index (χ0v) is 10.6. The fourth-order valence-corrected chi connectivity index (χ4v) is 1.88. The monoisotopic (exact) mass is 281 g/mol. The van der Waals surface area contributed by atoms with Crippen molar-refractivity contribution in [2.24, 2.45) is 0 Å². The van der Waals surface area contributed by atoms with Crippen molar-refractivity contribution in [1.29, 1.82) is 0 Å². The number of benzene rings is 1. The number of hydrogen-bond donors (Lipinski definition) is 2. The summed E-state index contributed by atoms with van der Waals surface area (Å²) in [5.74, 6) is 0. The number of hydrogen-bond acceptors (Lipinski definition) is 2. The molecule has 18 heavy (non-hydrogen) atoms. The van der Waals surface area contributed by atoms with E-state index in [1.807, 2.05) is 6.92 Å². The van der Waals surface area contributed by atoms with E-state index in [-0.39, 0.29) is 17.7 Å². The van der Waals surface area contributed by atoms with Gasteiger partial charge < -0.3 is 10.4 Å². The van der Waals surface area contributed by atoms with Crippen molar-refractivity contribution in [2.75, 3.05) is 13.2 Å². The largest absolute Gasteiger partial charge is 0.417 e. The van der Waals surface area contributed by atoms with E-state index in [1.165, 1.54) is 6.07 Å². The van der Waals surface area contributed by atoms with Gasteiger partial charge in [-0.15, -0.1) is 0 Å². The summed E-state index contributed by atoms with van der Waals surface area (Å²) in [4.78, 5) is 0. The summed E-state index contributed by atoms with van der Waals surface area (Å²) >= 11 is 5.53. The topological polar surface area (TPSA) is 32.3 Å². The van der Waals surface area contributed by atoms with Crippen LogP contribution in [0.1, 0.15) is 18.1 Å². The summed E-state index contributed by atoms with van der Waals surface area (Å²) in [5, 5.41) is 11.3. The molecule has 0 saturated heterocycles. The molecular formula is C12H15ClF3NO. The van der Waals surface area contributed by atoms with Gasteiger partial charge in [0, 0.05) is 12.6 Å². The first-order chi connectivity index (χ1) is 8.34. The third-order valence-corrected chi connectivity index (χ3v) is 2.81. The van der Waals surface area contributed by atoms with E-state index < -0.39 is 11.7 Å². The molecule has 1 aromatic rings. The Balaban J connectivity index is 2.79. The summed E-state index contributed by atoms with van der Waals surface area (Å²) in [7, 11) is 0. The van der Waals surface area contributed by atoms with Gasteiger partial charge in [-0.3, -0.25) is 0 Å². The SMILES string of the molecule is C[C@H](Cc1ccc(Cl)c(C(F)(F)F)c1)NCCO. The molecule has 1 rings (SSSR count). The van der Waals surface area contributed by atoms with Crippen LogP contribution in [0.2, 0.25) is 5.02 Å². The Hall–Kier alpha value is -0.780. The zero-order chi connectivity index (χ0) is 13.8. The highest BCUT2D eigenvalue weighted by atomic mass is 35.5. The fourth-order valence-electron chi connectivity index (χ4n) is 1.65. The van der Waals surface area contributed by atoms with Crippen LogP contribution in [0.4, 0.5) is 13.2 Å². The van der Waals surface area contributed by atoms with E-state index in [0.717, 1.165) is 6.07 Å². The standard InChI is InChI=1S/C12H15ClF3NO/c1-8(17-4-5-18)6-9-2-3-11(13)10(7-9)12(14,15)16/h2-3,7-8,17-18H,4-6H2,1H3/t8-/m1/s1. The molecule has 102 valence electrons. The number of halogens is 4. The van der Waals surface area contributed by atoms with Gasteiger partial charge in [-0.2, -0.15) is 13.2 Å². The molecule has 0 fully saturated rings. The molecular weight excluding hydrogens is 267 g/mol. The summed E-state index contributed by atoms with van der Waals surface area (Å²) in [6.45, 7) is 2.26. The second-order valence-electron chi connectivity index (χ2n) is 4.09. The predicted octanol–water partition coefficient (Wildman–Crippen LogP) is 2.87. The number of aliphatic hydroxyl groups excluding tert-OH is 1. The lowest BCUT2D eigenvalue weighted by molar-refractivity contribution is -0.137. The summed E-state index contributed by atoms with van der Waals surface area (Å²) in [6.07, 6.45) is -3.99. The maximum absolute atomic E-state index is 12.6. The predicted molar refractivity (Wildman–Crippen MR) is 64.7 cm³/mol. The minimum absolute atomic E-state index is 0.00123. The van der Waals surface area contributed by atoms with E-state index in [9.17, 15) is 13.2 Å². The Morgan fingerprint density at radius 3 is 2.61 bits per heavy atom. The smallest absolute Gasteiger partial charge is 0.395 e. The second-order valence-corrected chi connectivity index (χ2v) is 4.50. The number of rotatable bonds is 5. The highest BCUT2D eigenvalue weighted by molar-refractivity contribution is 6.31. The molecule has 0 amide bonds. The van der Waals surface area contributed by atoms with Crippen molar-refractivity contribution in [3.05, 3.63) is 34.3 Å². The number of alkyl halides is 3. The molecule has 0 aromatic heterocycles. The maximum Gasteiger partial charge on any atom is 0.417 e. The lowest BCUT2D eigenvalue weighted by atomic mass is 10.0. The van der Waals surface area contributed by atoms with E-state index >= 15 is 0 Å². The Bertz CT molecular complexity index is 395. The molecule has 0 bridgehead atoms. The minimum Gasteiger partial charge on any atom is -0.395 e. The van der Waals surface area contributed by atoms with Gasteiger partial charge >= 0.3 is 6.18 Å². The number of aliphatic hydroxyl groups is 1. The van der Waals surface area contributed by atoms with Gasteiger partial charge in [0.1, 0.15) is 0 Å². The molecule has 6 heteroatoms. The molecule has 0 heterocycles.